The van der Waals surface area contributed by atoms with Crippen LogP contribution < -0.4 is 15.4 Å². The third-order valence-corrected chi connectivity index (χ3v) is 7.61. The van der Waals surface area contributed by atoms with E-state index in [4.69, 9.17) is 27.9 Å². The first kappa shape index (κ1) is 24.7. The van der Waals surface area contributed by atoms with E-state index in [1.807, 2.05) is 6.92 Å². The number of anilines is 1. The number of amides is 2. The fourth-order valence-corrected chi connectivity index (χ4v) is 5.01. The average molecular weight is 511 g/mol. The maximum Gasteiger partial charge on any atom is 0.258 e. The van der Waals surface area contributed by atoms with Crippen molar-refractivity contribution in [2.75, 3.05) is 11.9 Å². The van der Waals surface area contributed by atoms with E-state index >= 15 is 0 Å². The van der Waals surface area contributed by atoms with Gasteiger partial charge < -0.3 is 15.4 Å². The minimum absolute atomic E-state index is 0.00260. The van der Waals surface area contributed by atoms with Gasteiger partial charge in [0.25, 0.3) is 5.91 Å². The number of ether oxygens (including phenoxy) is 1. The summed E-state index contributed by atoms with van der Waals surface area (Å²) in [7, 11) is 0. The topological polar surface area (TPSA) is 67.4 Å². The van der Waals surface area contributed by atoms with Crippen LogP contribution in [0.4, 0.5) is 14.5 Å². The summed E-state index contributed by atoms with van der Waals surface area (Å²) in [5.74, 6) is -1.66. The molecule has 0 heterocycles. The quantitative estimate of drug-likeness (QED) is 0.490. The van der Waals surface area contributed by atoms with Crippen molar-refractivity contribution in [3.63, 3.8) is 0 Å². The van der Waals surface area contributed by atoms with E-state index in [0.29, 0.717) is 18.5 Å². The highest BCUT2D eigenvalue weighted by Crippen LogP contribution is 2.59. The van der Waals surface area contributed by atoms with Crippen molar-refractivity contribution in [3.8, 4) is 5.75 Å². The second-order valence-corrected chi connectivity index (χ2v) is 10.4. The molecule has 2 aliphatic carbocycles. The van der Waals surface area contributed by atoms with Gasteiger partial charge in [-0.25, -0.2) is 8.78 Å². The molecule has 0 aromatic heterocycles. The van der Waals surface area contributed by atoms with Crippen molar-refractivity contribution in [2.45, 2.75) is 51.0 Å². The van der Waals surface area contributed by atoms with Crippen molar-refractivity contribution >= 4 is 40.7 Å². The third kappa shape index (κ3) is 5.63. The van der Waals surface area contributed by atoms with Gasteiger partial charge in [0.05, 0.1) is 10.0 Å². The van der Waals surface area contributed by atoms with E-state index in [9.17, 15) is 18.4 Å². The molecule has 0 radical (unpaired) electrons. The summed E-state index contributed by atoms with van der Waals surface area (Å²) in [5.41, 5.74) is -0.212. The molecule has 2 aromatic carbocycles. The van der Waals surface area contributed by atoms with E-state index < -0.39 is 17.2 Å². The summed E-state index contributed by atoms with van der Waals surface area (Å²) in [5, 5.41) is 5.86. The van der Waals surface area contributed by atoms with Crippen LogP contribution in [0.2, 0.25) is 10.0 Å². The summed E-state index contributed by atoms with van der Waals surface area (Å²) in [4.78, 5) is 25.7. The third-order valence-electron chi connectivity index (χ3n) is 7.00. The summed E-state index contributed by atoms with van der Waals surface area (Å²) in [6.45, 7) is 1.71. The summed E-state index contributed by atoms with van der Waals surface area (Å²) >= 11 is 11.4. The molecule has 0 bridgehead atoms. The Hall–Kier alpha value is -2.38. The molecule has 0 aliphatic heterocycles. The van der Waals surface area contributed by atoms with Gasteiger partial charge in [-0.05, 0) is 81.2 Å². The van der Waals surface area contributed by atoms with Crippen LogP contribution in [0.15, 0.2) is 36.4 Å². The number of carbonyl (C=O) groups excluding carboxylic acids is 2. The molecule has 0 saturated heterocycles. The Kier molecular flexibility index (Phi) is 7.06. The van der Waals surface area contributed by atoms with Crippen molar-refractivity contribution in [2.24, 2.45) is 11.3 Å². The van der Waals surface area contributed by atoms with Crippen LogP contribution in [0.1, 0.15) is 45.4 Å². The minimum atomic E-state index is -0.615. The van der Waals surface area contributed by atoms with Crippen LogP contribution in [-0.4, -0.2) is 24.0 Å². The van der Waals surface area contributed by atoms with Crippen molar-refractivity contribution in [1.82, 2.24) is 5.32 Å². The summed E-state index contributed by atoms with van der Waals surface area (Å²) in [6, 6.07) is 8.22. The highest BCUT2D eigenvalue weighted by molar-refractivity contribution is 6.31. The van der Waals surface area contributed by atoms with Crippen molar-refractivity contribution in [1.29, 1.82) is 0 Å². The molecule has 2 unspecified atom stereocenters. The zero-order valence-corrected chi connectivity index (χ0v) is 20.2. The van der Waals surface area contributed by atoms with Crippen LogP contribution in [0.5, 0.6) is 5.75 Å². The fraction of sp³-hybridized carbons (Fsp3) is 0.440. The first-order valence-electron chi connectivity index (χ1n) is 11.2. The molecule has 4 rings (SSSR count). The average Bonchev–Trinajstić information content (AvgIpc) is 3.58. The zero-order valence-electron chi connectivity index (χ0n) is 18.7. The molecule has 2 aliphatic rings. The van der Waals surface area contributed by atoms with Gasteiger partial charge in [0, 0.05) is 23.2 Å². The van der Waals surface area contributed by atoms with Gasteiger partial charge in [0.15, 0.2) is 6.61 Å². The highest BCUT2D eigenvalue weighted by atomic mass is 35.5. The number of nitrogens with one attached hydrogen (secondary N) is 2. The van der Waals surface area contributed by atoms with Gasteiger partial charge in [-0.1, -0.05) is 23.2 Å². The summed E-state index contributed by atoms with van der Waals surface area (Å²) < 4.78 is 32.7. The summed E-state index contributed by atoms with van der Waals surface area (Å²) in [6.07, 6.45) is 4.66. The second-order valence-electron chi connectivity index (χ2n) is 9.55. The Balaban J connectivity index is 1.36. The normalized spacial score (nSPS) is 23.1. The van der Waals surface area contributed by atoms with Gasteiger partial charge in [0.2, 0.25) is 5.91 Å². The molecule has 9 heteroatoms. The van der Waals surface area contributed by atoms with Gasteiger partial charge in [0.1, 0.15) is 17.4 Å². The zero-order chi connectivity index (χ0) is 24.5. The lowest BCUT2D eigenvalue weighted by Gasteiger charge is -2.29. The lowest BCUT2D eigenvalue weighted by Crippen LogP contribution is -2.47. The van der Waals surface area contributed by atoms with E-state index in [2.05, 4.69) is 10.6 Å². The molecule has 2 fully saturated rings. The Morgan fingerprint density at radius 1 is 1.00 bits per heavy atom. The molecule has 2 amide bonds. The molecule has 2 N–H and O–H groups in total. The Morgan fingerprint density at radius 2 is 1.65 bits per heavy atom. The lowest BCUT2D eigenvalue weighted by molar-refractivity contribution is -0.125. The number of carbonyl (C=O) groups is 2. The number of halogens is 4. The predicted molar refractivity (Wildman–Crippen MR) is 127 cm³/mol. The molecular weight excluding hydrogens is 485 g/mol. The van der Waals surface area contributed by atoms with Gasteiger partial charge in [-0.2, -0.15) is 0 Å². The maximum absolute atomic E-state index is 13.8. The largest absolute Gasteiger partial charge is 0.484 e. The Morgan fingerprint density at radius 3 is 2.29 bits per heavy atom. The highest BCUT2D eigenvalue weighted by Gasteiger charge is 2.54. The van der Waals surface area contributed by atoms with Gasteiger partial charge >= 0.3 is 0 Å². The van der Waals surface area contributed by atoms with Crippen LogP contribution >= 0.6 is 23.2 Å². The number of rotatable bonds is 6. The van der Waals surface area contributed by atoms with E-state index in [1.165, 1.54) is 24.3 Å². The van der Waals surface area contributed by atoms with Crippen LogP contribution in [-0.2, 0) is 9.59 Å². The first-order chi connectivity index (χ1) is 16.1. The molecule has 5 nitrogen and oxygen atoms in total. The number of benzene rings is 2. The van der Waals surface area contributed by atoms with E-state index in [0.717, 1.165) is 31.7 Å². The number of hydrogen-bond donors (Lipinski definition) is 2. The standard InChI is InChI=1S/C25H26Cl2F2N2O3/c1-24(31-22(32)14-34-16-3-5-19(27)21(29)13-16)7-6-17(25(9-8-24)10-11-25)23(33)30-15-2-4-18(26)20(28)12-15/h2-5,12-13,17H,6-11,14H2,1H3,(H,30,33)(H,31,32). The minimum Gasteiger partial charge on any atom is -0.484 e. The second kappa shape index (κ2) is 9.70. The van der Waals surface area contributed by atoms with E-state index in [1.54, 1.807) is 6.07 Å². The van der Waals surface area contributed by atoms with Gasteiger partial charge in [-0.3, -0.25) is 9.59 Å². The van der Waals surface area contributed by atoms with Crippen molar-refractivity contribution in [3.05, 3.63) is 58.1 Å². The first-order valence-corrected chi connectivity index (χ1v) is 12.0. The van der Waals surface area contributed by atoms with E-state index in [-0.39, 0.29) is 45.5 Å². The van der Waals surface area contributed by atoms with Crippen LogP contribution in [0, 0.1) is 23.0 Å². The monoisotopic (exact) mass is 510 g/mol. The predicted octanol–water partition coefficient (Wildman–Crippen LogP) is 6.13. The SMILES string of the molecule is CC1(NC(=O)COc2ccc(Cl)c(F)c2)CCC(C(=O)Nc2ccc(Cl)c(F)c2)C2(CC1)CC2. The van der Waals surface area contributed by atoms with Gasteiger partial charge in [-0.15, -0.1) is 0 Å². The Bertz CT molecular complexity index is 1110. The smallest absolute Gasteiger partial charge is 0.258 e. The molecular formula is C25H26Cl2F2N2O3. The molecule has 2 saturated carbocycles. The van der Waals surface area contributed by atoms with Crippen molar-refractivity contribution < 1.29 is 23.1 Å². The molecule has 182 valence electrons. The molecule has 1 spiro atoms. The van der Waals surface area contributed by atoms with Crippen LogP contribution in [0.25, 0.3) is 0 Å². The molecule has 2 atom stereocenters. The lowest BCUT2D eigenvalue weighted by atomic mass is 9.84. The maximum atomic E-state index is 13.8. The molecule has 34 heavy (non-hydrogen) atoms. The fourth-order valence-electron chi connectivity index (χ4n) is 4.78. The molecule has 2 aromatic rings. The van der Waals surface area contributed by atoms with Crippen LogP contribution in [0.3, 0.4) is 0 Å². The number of hydrogen-bond acceptors (Lipinski definition) is 3. The Labute approximate surface area is 207 Å².